The van der Waals surface area contributed by atoms with Crippen molar-refractivity contribution in [3.05, 3.63) is 12.2 Å². The Balaban J connectivity index is 1.92. The molecule has 0 spiro atoms. The van der Waals surface area contributed by atoms with Gasteiger partial charge in [0.05, 0.1) is 12.7 Å². The van der Waals surface area contributed by atoms with Crippen LogP contribution in [0.2, 0.25) is 0 Å². The first-order chi connectivity index (χ1) is 7.61. The van der Waals surface area contributed by atoms with Gasteiger partial charge in [-0.2, -0.15) is 0 Å². The van der Waals surface area contributed by atoms with Crippen LogP contribution in [0, 0.1) is 0 Å². The highest BCUT2D eigenvalue weighted by atomic mass is 16.7. The third kappa shape index (κ3) is 2.83. The predicted octanol–water partition coefficient (Wildman–Crippen LogP) is 1.23. The second-order valence-corrected chi connectivity index (χ2v) is 4.76. The number of rotatable bonds is 3. The molecule has 0 bridgehead atoms. The predicted molar refractivity (Wildman–Crippen MR) is 59.0 cm³/mol. The lowest BCUT2D eigenvalue weighted by Gasteiger charge is -2.42. The molecule has 3 atom stereocenters. The van der Waals surface area contributed by atoms with E-state index < -0.39 is 5.79 Å². The van der Waals surface area contributed by atoms with Crippen LogP contribution in [0.3, 0.4) is 0 Å². The van der Waals surface area contributed by atoms with Gasteiger partial charge in [0.2, 0.25) is 0 Å². The summed E-state index contributed by atoms with van der Waals surface area (Å²) in [6.07, 6.45) is 5.76. The average molecular weight is 228 g/mol. The van der Waals surface area contributed by atoms with Gasteiger partial charge in [0.15, 0.2) is 5.79 Å². The molecule has 2 aliphatic heterocycles. The van der Waals surface area contributed by atoms with E-state index in [1.807, 2.05) is 19.9 Å². The Morgan fingerprint density at radius 3 is 2.94 bits per heavy atom. The summed E-state index contributed by atoms with van der Waals surface area (Å²) in [4.78, 5) is 0. The van der Waals surface area contributed by atoms with Crippen molar-refractivity contribution >= 4 is 0 Å². The van der Waals surface area contributed by atoms with Gasteiger partial charge in [-0.05, 0) is 26.7 Å². The first-order valence-electron chi connectivity index (χ1n) is 5.87. The highest BCUT2D eigenvalue weighted by Gasteiger charge is 2.38. The molecule has 0 amide bonds. The van der Waals surface area contributed by atoms with E-state index in [2.05, 4.69) is 6.08 Å². The Kier molecular flexibility index (Phi) is 3.64. The lowest BCUT2D eigenvalue weighted by Crippen LogP contribution is -2.51. The number of aliphatic hydroxyl groups excluding tert-OH is 1. The number of ether oxygens (including phenoxy) is 3. The molecular weight excluding hydrogens is 208 g/mol. The zero-order valence-corrected chi connectivity index (χ0v) is 9.89. The molecule has 4 nitrogen and oxygen atoms in total. The van der Waals surface area contributed by atoms with E-state index in [0.717, 1.165) is 12.8 Å². The Hall–Kier alpha value is -0.420. The van der Waals surface area contributed by atoms with Crippen LogP contribution in [-0.4, -0.2) is 42.4 Å². The van der Waals surface area contributed by atoms with Crippen molar-refractivity contribution in [2.75, 3.05) is 13.2 Å². The molecule has 1 fully saturated rings. The summed E-state index contributed by atoms with van der Waals surface area (Å²) in [5.41, 5.74) is 0. The molecule has 92 valence electrons. The fraction of sp³-hybridized carbons (Fsp3) is 0.833. The van der Waals surface area contributed by atoms with Crippen LogP contribution in [0.1, 0.15) is 26.7 Å². The minimum atomic E-state index is -0.521. The third-order valence-corrected chi connectivity index (χ3v) is 2.89. The fourth-order valence-corrected chi connectivity index (χ4v) is 2.06. The Bertz CT molecular complexity index is 262. The van der Waals surface area contributed by atoms with Crippen molar-refractivity contribution in [3.63, 3.8) is 0 Å². The smallest absolute Gasteiger partial charge is 0.163 e. The Morgan fingerprint density at radius 2 is 2.19 bits per heavy atom. The molecule has 2 heterocycles. The van der Waals surface area contributed by atoms with Crippen molar-refractivity contribution in [1.82, 2.24) is 0 Å². The molecule has 2 rings (SSSR count). The van der Waals surface area contributed by atoms with Gasteiger partial charge in [-0.15, -0.1) is 0 Å². The van der Waals surface area contributed by atoms with Crippen LogP contribution >= 0.6 is 0 Å². The largest absolute Gasteiger partial charge is 0.396 e. The molecule has 0 radical (unpaired) electrons. The highest BCUT2D eigenvalue weighted by molar-refractivity contribution is 5.04. The van der Waals surface area contributed by atoms with Gasteiger partial charge in [-0.3, -0.25) is 0 Å². The maximum absolute atomic E-state index is 8.77. The summed E-state index contributed by atoms with van der Waals surface area (Å²) in [7, 11) is 0. The van der Waals surface area contributed by atoms with Gasteiger partial charge < -0.3 is 19.3 Å². The van der Waals surface area contributed by atoms with Crippen LogP contribution in [0.25, 0.3) is 0 Å². The van der Waals surface area contributed by atoms with E-state index in [1.54, 1.807) is 0 Å². The van der Waals surface area contributed by atoms with Crippen LogP contribution < -0.4 is 0 Å². The summed E-state index contributed by atoms with van der Waals surface area (Å²) < 4.78 is 17.1. The molecule has 0 saturated carbocycles. The lowest BCUT2D eigenvalue weighted by atomic mass is 10.0. The SMILES string of the molecule is CC1(C)OC[C@H]2O[C@H](CCCO)C=C[C@@H]2O1. The number of hydrogen-bond donors (Lipinski definition) is 1. The normalized spacial score (nSPS) is 37.1. The van der Waals surface area contributed by atoms with Crippen molar-refractivity contribution in [1.29, 1.82) is 0 Å². The maximum Gasteiger partial charge on any atom is 0.163 e. The second-order valence-electron chi connectivity index (χ2n) is 4.76. The zero-order valence-electron chi connectivity index (χ0n) is 9.89. The summed E-state index contributed by atoms with van der Waals surface area (Å²) in [6, 6.07) is 0. The second kappa shape index (κ2) is 4.84. The van der Waals surface area contributed by atoms with E-state index in [4.69, 9.17) is 19.3 Å². The molecule has 0 aromatic carbocycles. The molecule has 1 saturated heterocycles. The standard InChI is InChI=1S/C12H20O4/c1-12(2)14-8-11-10(16-12)6-5-9(15-11)4-3-7-13/h5-6,9-11,13H,3-4,7-8H2,1-2H3/t9-,10+,11-/m1/s1. The highest BCUT2D eigenvalue weighted by Crippen LogP contribution is 2.29. The van der Waals surface area contributed by atoms with E-state index in [1.165, 1.54) is 0 Å². The molecule has 16 heavy (non-hydrogen) atoms. The van der Waals surface area contributed by atoms with Gasteiger partial charge >= 0.3 is 0 Å². The molecule has 2 aliphatic rings. The summed E-state index contributed by atoms with van der Waals surface area (Å²) in [6.45, 7) is 4.60. The van der Waals surface area contributed by atoms with Crippen molar-refractivity contribution < 1.29 is 19.3 Å². The molecular formula is C12H20O4. The van der Waals surface area contributed by atoms with E-state index >= 15 is 0 Å². The fourth-order valence-electron chi connectivity index (χ4n) is 2.06. The van der Waals surface area contributed by atoms with E-state index in [9.17, 15) is 0 Å². The average Bonchev–Trinajstić information content (AvgIpc) is 2.25. The summed E-state index contributed by atoms with van der Waals surface area (Å²) in [5, 5.41) is 8.77. The molecule has 0 aliphatic carbocycles. The van der Waals surface area contributed by atoms with E-state index in [0.29, 0.717) is 6.61 Å². The zero-order chi connectivity index (χ0) is 11.6. The first kappa shape index (κ1) is 12.0. The quantitative estimate of drug-likeness (QED) is 0.738. The number of aliphatic hydroxyl groups is 1. The maximum atomic E-state index is 8.77. The van der Waals surface area contributed by atoms with Crippen LogP contribution in [0.4, 0.5) is 0 Å². The third-order valence-electron chi connectivity index (χ3n) is 2.89. The van der Waals surface area contributed by atoms with Crippen molar-refractivity contribution in [2.24, 2.45) is 0 Å². The number of hydrogen-bond acceptors (Lipinski definition) is 4. The van der Waals surface area contributed by atoms with Gasteiger partial charge in [-0.1, -0.05) is 12.2 Å². The van der Waals surface area contributed by atoms with Gasteiger partial charge in [0, 0.05) is 6.61 Å². The Labute approximate surface area is 96.2 Å². The minimum absolute atomic E-state index is 0.00544. The van der Waals surface area contributed by atoms with Crippen molar-refractivity contribution in [3.8, 4) is 0 Å². The molecule has 0 aromatic heterocycles. The molecule has 0 aromatic rings. The van der Waals surface area contributed by atoms with Gasteiger partial charge in [-0.25, -0.2) is 0 Å². The first-order valence-corrected chi connectivity index (χ1v) is 5.87. The minimum Gasteiger partial charge on any atom is -0.396 e. The van der Waals surface area contributed by atoms with Crippen LogP contribution in [0.15, 0.2) is 12.2 Å². The molecule has 4 heteroatoms. The summed E-state index contributed by atoms with van der Waals surface area (Å²) in [5.74, 6) is -0.521. The van der Waals surface area contributed by atoms with Gasteiger partial charge in [0.25, 0.3) is 0 Å². The van der Waals surface area contributed by atoms with E-state index in [-0.39, 0.29) is 24.9 Å². The number of fused-ring (bicyclic) bond motifs is 1. The van der Waals surface area contributed by atoms with Crippen LogP contribution in [-0.2, 0) is 14.2 Å². The molecule has 0 unspecified atom stereocenters. The van der Waals surface area contributed by atoms with Crippen LogP contribution in [0.5, 0.6) is 0 Å². The molecule has 1 N–H and O–H groups in total. The summed E-state index contributed by atoms with van der Waals surface area (Å²) >= 11 is 0. The topological polar surface area (TPSA) is 47.9 Å². The lowest BCUT2D eigenvalue weighted by molar-refractivity contribution is -0.305. The monoisotopic (exact) mass is 228 g/mol. The van der Waals surface area contributed by atoms with Gasteiger partial charge in [0.1, 0.15) is 12.2 Å². The van der Waals surface area contributed by atoms with Crippen molar-refractivity contribution in [2.45, 2.75) is 50.8 Å². The Morgan fingerprint density at radius 1 is 1.38 bits per heavy atom.